The minimum atomic E-state index is -0.402. The van der Waals surface area contributed by atoms with Crippen LogP contribution in [0.3, 0.4) is 0 Å². The van der Waals surface area contributed by atoms with Crippen molar-refractivity contribution in [2.24, 2.45) is 11.8 Å². The van der Waals surface area contributed by atoms with E-state index in [1.165, 1.54) is 0 Å². The Morgan fingerprint density at radius 3 is 2.84 bits per heavy atom. The largest absolute Gasteiger partial charge is 0.396 e. The van der Waals surface area contributed by atoms with Crippen molar-refractivity contribution in [2.45, 2.75) is 38.5 Å². The molecule has 1 amide bonds. The highest BCUT2D eigenvalue weighted by Crippen LogP contribution is 2.49. The van der Waals surface area contributed by atoms with E-state index in [4.69, 9.17) is 4.74 Å². The van der Waals surface area contributed by atoms with Crippen molar-refractivity contribution in [3.05, 3.63) is 42.0 Å². The molecule has 2 bridgehead atoms. The summed E-state index contributed by atoms with van der Waals surface area (Å²) in [4.78, 5) is 30.9. The zero-order chi connectivity index (χ0) is 21.8. The van der Waals surface area contributed by atoms with Crippen molar-refractivity contribution in [3.63, 3.8) is 0 Å². The van der Waals surface area contributed by atoms with Gasteiger partial charge in [0, 0.05) is 68.3 Å². The predicted octanol–water partition coefficient (Wildman–Crippen LogP) is 1.39. The van der Waals surface area contributed by atoms with Crippen LogP contribution in [0, 0.1) is 18.8 Å². The maximum atomic E-state index is 13.5. The molecule has 2 aromatic rings. The summed E-state index contributed by atoms with van der Waals surface area (Å²) >= 11 is 0. The quantitative estimate of drug-likeness (QED) is 0.795. The Labute approximate surface area is 182 Å². The molecule has 3 saturated heterocycles. The average Bonchev–Trinajstić information content (AvgIpc) is 3.21. The van der Waals surface area contributed by atoms with Gasteiger partial charge in [0.2, 0.25) is 0 Å². The van der Waals surface area contributed by atoms with Gasteiger partial charge in [-0.25, -0.2) is 9.97 Å². The van der Waals surface area contributed by atoms with Gasteiger partial charge in [-0.05, 0) is 32.9 Å². The molecule has 1 spiro atoms. The van der Waals surface area contributed by atoms with Crippen LogP contribution >= 0.6 is 0 Å². The zero-order valence-electron chi connectivity index (χ0n) is 18.2. The van der Waals surface area contributed by atoms with E-state index in [-0.39, 0.29) is 30.5 Å². The van der Waals surface area contributed by atoms with Crippen LogP contribution in [-0.2, 0) is 4.74 Å². The van der Waals surface area contributed by atoms with E-state index in [2.05, 4.69) is 33.7 Å². The highest BCUT2D eigenvalue weighted by atomic mass is 16.5. The van der Waals surface area contributed by atoms with Crippen molar-refractivity contribution in [2.75, 3.05) is 32.8 Å². The lowest BCUT2D eigenvalue weighted by molar-refractivity contribution is -0.109. The van der Waals surface area contributed by atoms with Gasteiger partial charge in [-0.3, -0.25) is 14.7 Å². The van der Waals surface area contributed by atoms with Crippen molar-refractivity contribution in [3.8, 4) is 11.4 Å². The third-order valence-corrected chi connectivity index (χ3v) is 7.17. The Kier molecular flexibility index (Phi) is 5.03. The first-order chi connectivity index (χ1) is 14.9. The van der Waals surface area contributed by atoms with Gasteiger partial charge in [0.15, 0.2) is 5.82 Å². The summed E-state index contributed by atoms with van der Waals surface area (Å²) in [5, 5.41) is 10.1. The molecule has 1 N–H and O–H groups in total. The SMILES string of the molecule is Cc1nc(-c2cccnc2)ncc1C(=O)N1C[C@H]2O[C@]3(C1)CN(C(C)C)C[C@@H]3[C@@H]2CO. The maximum absolute atomic E-state index is 13.5. The second-order valence-electron chi connectivity index (χ2n) is 9.32. The van der Waals surface area contributed by atoms with Crippen LogP contribution in [-0.4, -0.2) is 86.3 Å². The van der Waals surface area contributed by atoms with Gasteiger partial charge in [0.1, 0.15) is 5.60 Å². The fourth-order valence-electron chi connectivity index (χ4n) is 5.50. The summed E-state index contributed by atoms with van der Waals surface area (Å²) in [6.45, 7) is 9.03. The van der Waals surface area contributed by atoms with E-state index in [0.717, 1.165) is 18.7 Å². The number of ether oxygens (including phenoxy) is 1. The van der Waals surface area contributed by atoms with Gasteiger partial charge in [-0.15, -0.1) is 0 Å². The van der Waals surface area contributed by atoms with Crippen molar-refractivity contribution in [1.29, 1.82) is 0 Å². The number of morpholine rings is 1. The highest BCUT2D eigenvalue weighted by Gasteiger charge is 2.63. The molecule has 5 rings (SSSR count). The van der Waals surface area contributed by atoms with Crippen LogP contribution in [0.1, 0.15) is 29.9 Å². The maximum Gasteiger partial charge on any atom is 0.257 e. The molecule has 8 nitrogen and oxygen atoms in total. The van der Waals surface area contributed by atoms with E-state index in [1.54, 1.807) is 18.6 Å². The molecule has 2 aromatic heterocycles. The number of carbonyl (C=O) groups is 1. The number of likely N-dealkylation sites (tertiary alicyclic amines) is 2. The second-order valence-corrected chi connectivity index (χ2v) is 9.32. The molecule has 0 saturated carbocycles. The number of pyridine rings is 1. The third-order valence-electron chi connectivity index (χ3n) is 7.17. The van der Waals surface area contributed by atoms with Gasteiger partial charge in [0.05, 0.1) is 23.9 Å². The van der Waals surface area contributed by atoms with E-state index in [0.29, 0.717) is 36.2 Å². The van der Waals surface area contributed by atoms with E-state index in [9.17, 15) is 9.90 Å². The fraction of sp³-hybridized carbons (Fsp3) is 0.565. The average molecular weight is 424 g/mol. The smallest absolute Gasteiger partial charge is 0.257 e. The Bertz CT molecular complexity index is 984. The summed E-state index contributed by atoms with van der Waals surface area (Å²) in [5.74, 6) is 0.801. The number of nitrogens with zero attached hydrogens (tertiary/aromatic N) is 5. The molecule has 8 heteroatoms. The molecule has 164 valence electrons. The first-order valence-electron chi connectivity index (χ1n) is 11.0. The van der Waals surface area contributed by atoms with Crippen molar-refractivity contribution in [1.82, 2.24) is 24.8 Å². The lowest BCUT2D eigenvalue weighted by atomic mass is 9.83. The molecule has 3 aliphatic rings. The molecule has 0 aliphatic carbocycles. The molecule has 4 atom stereocenters. The Hall–Kier alpha value is -2.42. The molecule has 3 aliphatic heterocycles. The topological polar surface area (TPSA) is 91.7 Å². The molecular formula is C23H29N5O3. The van der Waals surface area contributed by atoms with E-state index >= 15 is 0 Å². The van der Waals surface area contributed by atoms with Crippen LogP contribution in [0.4, 0.5) is 0 Å². The van der Waals surface area contributed by atoms with Crippen LogP contribution in [0.25, 0.3) is 11.4 Å². The molecule has 0 aromatic carbocycles. The van der Waals surface area contributed by atoms with Crippen LogP contribution in [0.15, 0.2) is 30.7 Å². The Morgan fingerprint density at radius 1 is 1.32 bits per heavy atom. The molecule has 3 fully saturated rings. The molecule has 31 heavy (non-hydrogen) atoms. The predicted molar refractivity (Wildman–Crippen MR) is 114 cm³/mol. The van der Waals surface area contributed by atoms with E-state index < -0.39 is 5.60 Å². The molecule has 5 heterocycles. The summed E-state index contributed by atoms with van der Waals surface area (Å²) in [5.41, 5.74) is 1.59. The number of aliphatic hydroxyl groups is 1. The van der Waals surface area contributed by atoms with Gasteiger partial charge < -0.3 is 14.7 Å². The van der Waals surface area contributed by atoms with Crippen molar-refractivity contribution < 1.29 is 14.6 Å². The molecular weight excluding hydrogens is 394 g/mol. The van der Waals surface area contributed by atoms with Crippen LogP contribution in [0.5, 0.6) is 0 Å². The number of carbonyl (C=O) groups excluding carboxylic acids is 1. The lowest BCUT2D eigenvalue weighted by Gasteiger charge is -2.41. The normalized spacial score (nSPS) is 30.1. The number of rotatable bonds is 4. The van der Waals surface area contributed by atoms with Gasteiger partial charge in [-0.2, -0.15) is 0 Å². The Morgan fingerprint density at radius 2 is 2.16 bits per heavy atom. The van der Waals surface area contributed by atoms with Crippen molar-refractivity contribution >= 4 is 5.91 Å². The number of aromatic nitrogens is 3. The first kappa shape index (κ1) is 20.5. The summed E-state index contributed by atoms with van der Waals surface area (Å²) in [6, 6.07) is 4.15. The third kappa shape index (κ3) is 3.33. The van der Waals surface area contributed by atoms with Gasteiger partial charge >= 0.3 is 0 Å². The number of fused-ring (bicyclic) bond motifs is 1. The lowest BCUT2D eigenvalue weighted by Crippen LogP contribution is -2.56. The number of amides is 1. The number of aliphatic hydroxyl groups excluding tert-OH is 1. The number of hydrogen-bond acceptors (Lipinski definition) is 7. The summed E-state index contributed by atoms with van der Waals surface area (Å²) < 4.78 is 6.48. The second kappa shape index (κ2) is 7.62. The molecule has 0 unspecified atom stereocenters. The summed E-state index contributed by atoms with van der Waals surface area (Å²) in [7, 11) is 0. The van der Waals surface area contributed by atoms with Gasteiger partial charge in [-0.1, -0.05) is 0 Å². The fourth-order valence-corrected chi connectivity index (χ4v) is 5.50. The number of hydrogen-bond donors (Lipinski definition) is 1. The zero-order valence-corrected chi connectivity index (χ0v) is 18.2. The number of aryl methyl sites for hydroxylation is 1. The Balaban J connectivity index is 1.41. The minimum absolute atomic E-state index is 0.0619. The summed E-state index contributed by atoms with van der Waals surface area (Å²) in [6.07, 6.45) is 4.91. The monoisotopic (exact) mass is 423 g/mol. The highest BCUT2D eigenvalue weighted by molar-refractivity contribution is 5.95. The van der Waals surface area contributed by atoms with Crippen LogP contribution < -0.4 is 0 Å². The minimum Gasteiger partial charge on any atom is -0.396 e. The van der Waals surface area contributed by atoms with E-state index in [1.807, 2.05) is 24.0 Å². The first-order valence-corrected chi connectivity index (χ1v) is 11.0. The van der Waals surface area contributed by atoms with Crippen LogP contribution in [0.2, 0.25) is 0 Å². The standard InChI is InChI=1S/C23H29N5O3/c1-14(2)27-9-19-18(11-29)20-10-28(13-23(19,12-27)31-20)22(30)17-8-25-21(26-15(17)3)16-5-4-6-24-7-16/h4-8,14,18-20,29H,9-13H2,1-3H3/t18-,19+,20+,23-/m0/s1. The van der Waals surface area contributed by atoms with Gasteiger partial charge in [0.25, 0.3) is 5.91 Å². The molecule has 0 radical (unpaired) electrons.